The van der Waals surface area contributed by atoms with Crippen LogP contribution >= 0.6 is 46.0 Å². The molecule has 0 fully saturated rings. The van der Waals surface area contributed by atoms with Gasteiger partial charge in [0.25, 0.3) is 5.91 Å². The lowest BCUT2D eigenvalue weighted by molar-refractivity contribution is 0.0998. The predicted molar refractivity (Wildman–Crippen MR) is 108 cm³/mol. The van der Waals surface area contributed by atoms with E-state index in [1.807, 2.05) is 30.5 Å². The second-order valence-electron chi connectivity index (χ2n) is 5.37. The van der Waals surface area contributed by atoms with Gasteiger partial charge in [-0.3, -0.25) is 10.1 Å². The van der Waals surface area contributed by atoms with Crippen molar-refractivity contribution < 1.29 is 9.21 Å². The first-order chi connectivity index (χ1) is 12.6. The lowest BCUT2D eigenvalue weighted by atomic mass is 10.1. The summed E-state index contributed by atoms with van der Waals surface area (Å²) in [5.41, 5.74) is 1.26. The minimum absolute atomic E-state index is 0.232. The predicted octanol–water partition coefficient (Wildman–Crippen LogP) is 5.85. The first-order valence-corrected chi connectivity index (χ1v) is 10.7. The van der Waals surface area contributed by atoms with Crippen LogP contribution in [0.1, 0.15) is 21.0 Å². The van der Waals surface area contributed by atoms with Gasteiger partial charge >= 0.3 is 0 Å². The molecule has 9 heteroatoms. The van der Waals surface area contributed by atoms with Crippen LogP contribution in [0.2, 0.25) is 5.02 Å². The van der Waals surface area contributed by atoms with Gasteiger partial charge < -0.3 is 4.42 Å². The van der Waals surface area contributed by atoms with Crippen molar-refractivity contribution in [2.24, 2.45) is 0 Å². The first-order valence-electron chi connectivity index (χ1n) is 7.59. The summed E-state index contributed by atoms with van der Waals surface area (Å²) >= 11 is 10.8. The number of furan rings is 1. The van der Waals surface area contributed by atoms with E-state index >= 15 is 0 Å². The van der Waals surface area contributed by atoms with Crippen LogP contribution in [0.3, 0.4) is 0 Å². The number of thiophene rings is 1. The van der Waals surface area contributed by atoms with E-state index in [1.165, 1.54) is 16.2 Å². The molecule has 3 heterocycles. The fourth-order valence-corrected chi connectivity index (χ4v) is 5.16. The van der Waals surface area contributed by atoms with Crippen LogP contribution in [0.5, 0.6) is 0 Å². The number of halogens is 1. The summed E-state index contributed by atoms with van der Waals surface area (Å²) in [5.74, 6) is 0.707. The molecule has 1 N–H and O–H groups in total. The van der Waals surface area contributed by atoms with E-state index in [-0.39, 0.29) is 11.7 Å². The van der Waals surface area contributed by atoms with Crippen molar-refractivity contribution >= 4 is 68.0 Å². The largest absolute Gasteiger partial charge is 0.449 e. The third-order valence-corrected chi connectivity index (χ3v) is 7.04. The molecule has 0 saturated heterocycles. The van der Waals surface area contributed by atoms with Crippen molar-refractivity contribution in [3.05, 3.63) is 56.9 Å². The van der Waals surface area contributed by atoms with Gasteiger partial charge in [0.2, 0.25) is 5.13 Å². The highest BCUT2D eigenvalue weighted by Gasteiger charge is 2.20. The average molecular weight is 422 g/mol. The lowest BCUT2D eigenvalue weighted by Crippen LogP contribution is -2.11. The van der Waals surface area contributed by atoms with Crippen LogP contribution in [0, 0.1) is 6.92 Å². The zero-order chi connectivity index (χ0) is 18.1. The maximum Gasteiger partial charge on any atom is 0.293 e. The molecule has 4 rings (SSSR count). The number of aromatic nitrogens is 2. The number of anilines is 1. The zero-order valence-electron chi connectivity index (χ0n) is 13.5. The van der Waals surface area contributed by atoms with E-state index in [0.717, 1.165) is 21.0 Å². The maximum absolute atomic E-state index is 12.6. The molecule has 0 radical (unpaired) electrons. The Labute approximate surface area is 166 Å². The van der Waals surface area contributed by atoms with Crippen molar-refractivity contribution in [2.75, 3.05) is 5.32 Å². The first kappa shape index (κ1) is 17.5. The quantitative estimate of drug-likeness (QED) is 0.323. The number of hydrogen-bond donors (Lipinski definition) is 1. The summed E-state index contributed by atoms with van der Waals surface area (Å²) < 4.78 is 6.48. The minimum atomic E-state index is -0.360. The SMILES string of the molecule is Cc1c(C(=O)Nc2nnc(SCc3cccs3)s2)oc2c(Cl)cccc12. The third-order valence-electron chi connectivity index (χ3n) is 3.67. The topological polar surface area (TPSA) is 68.0 Å². The number of nitrogens with zero attached hydrogens (tertiary/aromatic N) is 2. The number of rotatable bonds is 5. The molecule has 0 aliphatic carbocycles. The summed E-state index contributed by atoms with van der Waals surface area (Å²) in [6.45, 7) is 1.83. The van der Waals surface area contributed by atoms with Gasteiger partial charge in [-0.05, 0) is 24.4 Å². The minimum Gasteiger partial charge on any atom is -0.449 e. The highest BCUT2D eigenvalue weighted by atomic mass is 35.5. The monoisotopic (exact) mass is 421 g/mol. The van der Waals surface area contributed by atoms with Crippen LogP contribution in [0.4, 0.5) is 5.13 Å². The van der Waals surface area contributed by atoms with Crippen LogP contribution in [0.25, 0.3) is 11.0 Å². The Balaban J connectivity index is 1.48. The molecule has 0 spiro atoms. The number of nitrogens with one attached hydrogen (secondary N) is 1. The molecule has 0 aliphatic rings. The summed E-state index contributed by atoms with van der Waals surface area (Å²) in [6.07, 6.45) is 0. The van der Waals surface area contributed by atoms with E-state index in [9.17, 15) is 4.79 Å². The Kier molecular flexibility index (Phi) is 4.99. The fraction of sp³-hybridized carbons (Fsp3) is 0.118. The van der Waals surface area contributed by atoms with Gasteiger partial charge in [-0.25, -0.2) is 0 Å². The average Bonchev–Trinajstić information content (AvgIpc) is 3.35. The van der Waals surface area contributed by atoms with Gasteiger partial charge in [-0.2, -0.15) is 0 Å². The van der Waals surface area contributed by atoms with Gasteiger partial charge in [-0.15, -0.1) is 21.5 Å². The third kappa shape index (κ3) is 3.50. The molecule has 0 saturated carbocycles. The highest BCUT2D eigenvalue weighted by Crippen LogP contribution is 2.32. The van der Waals surface area contributed by atoms with E-state index in [2.05, 4.69) is 21.6 Å². The summed E-state index contributed by atoms with van der Waals surface area (Å²) in [4.78, 5) is 13.8. The number of carbonyl (C=O) groups excluding carboxylic acids is 1. The van der Waals surface area contributed by atoms with Gasteiger partial charge in [0.05, 0.1) is 5.02 Å². The summed E-state index contributed by atoms with van der Waals surface area (Å²) in [7, 11) is 0. The Morgan fingerprint density at radius 1 is 1.31 bits per heavy atom. The highest BCUT2D eigenvalue weighted by molar-refractivity contribution is 8.00. The number of hydrogen-bond acceptors (Lipinski definition) is 7. The molecule has 0 bridgehead atoms. The van der Waals surface area contributed by atoms with E-state index < -0.39 is 0 Å². The zero-order valence-corrected chi connectivity index (χ0v) is 16.7. The fourth-order valence-electron chi connectivity index (χ4n) is 2.43. The number of fused-ring (bicyclic) bond motifs is 1. The van der Waals surface area contributed by atoms with Crippen molar-refractivity contribution in [1.29, 1.82) is 0 Å². The maximum atomic E-state index is 12.6. The van der Waals surface area contributed by atoms with Crippen LogP contribution in [-0.4, -0.2) is 16.1 Å². The number of amides is 1. The number of carbonyl (C=O) groups is 1. The Hall–Kier alpha value is -1.87. The summed E-state index contributed by atoms with van der Waals surface area (Å²) in [6, 6.07) is 9.54. The number of benzene rings is 1. The lowest BCUT2D eigenvalue weighted by Gasteiger charge is -1.98. The van der Waals surface area contributed by atoms with E-state index in [1.54, 1.807) is 29.2 Å². The smallest absolute Gasteiger partial charge is 0.293 e. The molecular weight excluding hydrogens is 410 g/mol. The van der Waals surface area contributed by atoms with Crippen molar-refractivity contribution in [2.45, 2.75) is 17.0 Å². The van der Waals surface area contributed by atoms with Gasteiger partial charge in [0.15, 0.2) is 15.7 Å². The number of aryl methyl sites for hydroxylation is 1. The normalized spacial score (nSPS) is 11.2. The van der Waals surface area contributed by atoms with E-state index in [0.29, 0.717) is 15.7 Å². The molecule has 3 aromatic heterocycles. The molecule has 1 aromatic carbocycles. The Bertz CT molecular complexity index is 1070. The van der Waals surface area contributed by atoms with Crippen molar-refractivity contribution in [1.82, 2.24) is 10.2 Å². The molecule has 132 valence electrons. The van der Waals surface area contributed by atoms with Gasteiger partial charge in [0.1, 0.15) is 0 Å². The van der Waals surface area contributed by atoms with Crippen LogP contribution < -0.4 is 5.32 Å². The molecule has 0 atom stereocenters. The molecule has 0 unspecified atom stereocenters. The molecule has 5 nitrogen and oxygen atoms in total. The van der Waals surface area contributed by atoms with Crippen molar-refractivity contribution in [3.8, 4) is 0 Å². The van der Waals surface area contributed by atoms with Crippen LogP contribution in [-0.2, 0) is 5.75 Å². The van der Waals surface area contributed by atoms with Crippen molar-refractivity contribution in [3.63, 3.8) is 0 Å². The second-order valence-corrected chi connectivity index (χ2v) is 9.01. The molecule has 0 aliphatic heterocycles. The van der Waals surface area contributed by atoms with Gasteiger partial charge in [-0.1, -0.05) is 52.9 Å². The molecular formula is C17H12ClN3O2S3. The Morgan fingerprint density at radius 3 is 2.96 bits per heavy atom. The Morgan fingerprint density at radius 2 is 2.19 bits per heavy atom. The van der Waals surface area contributed by atoms with Gasteiger partial charge in [0, 0.05) is 21.6 Å². The summed E-state index contributed by atoms with van der Waals surface area (Å²) in [5, 5.41) is 14.7. The molecule has 26 heavy (non-hydrogen) atoms. The number of thioether (sulfide) groups is 1. The molecule has 1 amide bonds. The van der Waals surface area contributed by atoms with Crippen LogP contribution in [0.15, 0.2) is 44.5 Å². The van der Waals surface area contributed by atoms with E-state index in [4.69, 9.17) is 16.0 Å². The second kappa shape index (κ2) is 7.40. The number of para-hydroxylation sites is 1. The standard InChI is InChI=1S/C17H12ClN3O2S3/c1-9-11-5-2-6-12(18)14(11)23-13(9)15(22)19-16-20-21-17(26-16)25-8-10-4-3-7-24-10/h2-7H,8H2,1H3,(H,19,20,22). The molecule has 4 aromatic rings.